The van der Waals surface area contributed by atoms with Crippen LogP contribution in [-0.2, 0) is 23.3 Å². The van der Waals surface area contributed by atoms with Gasteiger partial charge in [0.25, 0.3) is 5.91 Å². The SMILES string of the molecule is O=C1N[C@@](Cc2ccccc2)(c2ccccc2)C(=O)N1Cc1nc(-c2cccc(Cl)c2)no1. The number of nitrogens with one attached hydrogen (secondary N) is 1. The van der Waals surface area contributed by atoms with Crippen molar-refractivity contribution in [3.8, 4) is 11.4 Å². The fraction of sp³-hybridized carbons (Fsp3) is 0.120. The Morgan fingerprint density at radius 1 is 0.939 bits per heavy atom. The third-order valence-corrected chi connectivity index (χ3v) is 5.83. The highest BCUT2D eigenvalue weighted by atomic mass is 35.5. The van der Waals surface area contributed by atoms with Crippen LogP contribution in [0.4, 0.5) is 4.79 Å². The van der Waals surface area contributed by atoms with Gasteiger partial charge in [0, 0.05) is 17.0 Å². The summed E-state index contributed by atoms with van der Waals surface area (Å²) in [5.74, 6) is 0.111. The molecule has 2 heterocycles. The van der Waals surface area contributed by atoms with Gasteiger partial charge in [0.1, 0.15) is 6.54 Å². The van der Waals surface area contributed by atoms with Crippen LogP contribution in [0.15, 0.2) is 89.5 Å². The Hall–Kier alpha value is -3.97. The Bertz CT molecular complexity index is 1310. The molecule has 1 N–H and O–H groups in total. The third kappa shape index (κ3) is 3.99. The van der Waals surface area contributed by atoms with Crippen LogP contribution >= 0.6 is 11.6 Å². The summed E-state index contributed by atoms with van der Waals surface area (Å²) in [6.07, 6.45) is 0.316. The lowest BCUT2D eigenvalue weighted by Crippen LogP contribution is -2.46. The molecule has 8 heteroatoms. The maximum atomic E-state index is 13.7. The van der Waals surface area contributed by atoms with E-state index < -0.39 is 11.6 Å². The number of carbonyl (C=O) groups is 2. The number of hydrogen-bond donors (Lipinski definition) is 1. The second kappa shape index (κ2) is 8.52. The molecular formula is C25H19ClN4O3. The van der Waals surface area contributed by atoms with Crippen LogP contribution in [0.25, 0.3) is 11.4 Å². The number of aromatic nitrogens is 2. The van der Waals surface area contributed by atoms with Gasteiger partial charge in [-0.3, -0.25) is 9.69 Å². The second-order valence-corrected chi connectivity index (χ2v) is 8.21. The molecule has 0 radical (unpaired) electrons. The predicted molar refractivity (Wildman–Crippen MR) is 122 cm³/mol. The lowest BCUT2D eigenvalue weighted by atomic mass is 9.83. The van der Waals surface area contributed by atoms with E-state index in [2.05, 4.69) is 15.5 Å². The molecule has 164 valence electrons. The Kier molecular flexibility index (Phi) is 5.40. The predicted octanol–water partition coefficient (Wildman–Crippen LogP) is 4.58. The first-order chi connectivity index (χ1) is 16.0. The molecular weight excluding hydrogens is 440 g/mol. The zero-order valence-electron chi connectivity index (χ0n) is 17.4. The largest absolute Gasteiger partial charge is 0.337 e. The summed E-state index contributed by atoms with van der Waals surface area (Å²) in [6, 6.07) is 25.4. The highest BCUT2D eigenvalue weighted by Crippen LogP contribution is 2.34. The summed E-state index contributed by atoms with van der Waals surface area (Å²) in [5, 5.41) is 7.44. The number of halogens is 1. The van der Waals surface area contributed by atoms with Crippen molar-refractivity contribution >= 4 is 23.5 Å². The van der Waals surface area contributed by atoms with E-state index in [-0.39, 0.29) is 18.3 Å². The van der Waals surface area contributed by atoms with Crippen LogP contribution in [-0.4, -0.2) is 27.0 Å². The average molecular weight is 459 g/mol. The molecule has 3 aromatic carbocycles. The Labute approximate surface area is 195 Å². The quantitative estimate of drug-likeness (QED) is 0.427. The topological polar surface area (TPSA) is 88.3 Å². The van der Waals surface area contributed by atoms with Gasteiger partial charge < -0.3 is 9.84 Å². The molecule has 1 aromatic heterocycles. The summed E-state index contributed by atoms with van der Waals surface area (Å²) >= 11 is 6.04. The normalized spacial score (nSPS) is 17.9. The number of imide groups is 1. The van der Waals surface area contributed by atoms with E-state index in [0.717, 1.165) is 10.5 Å². The number of amides is 3. The molecule has 1 aliphatic rings. The second-order valence-electron chi connectivity index (χ2n) is 7.78. The van der Waals surface area contributed by atoms with Crippen molar-refractivity contribution in [1.29, 1.82) is 0 Å². The maximum Gasteiger partial charge on any atom is 0.325 e. The van der Waals surface area contributed by atoms with Gasteiger partial charge >= 0.3 is 6.03 Å². The van der Waals surface area contributed by atoms with Crippen molar-refractivity contribution in [2.75, 3.05) is 0 Å². The van der Waals surface area contributed by atoms with Crippen LogP contribution < -0.4 is 5.32 Å². The standard InChI is InChI=1S/C25H19ClN4O3/c26-20-13-7-10-18(14-20)22-27-21(33-29-22)16-30-23(31)25(28-24(30)32,19-11-5-2-6-12-19)15-17-8-3-1-4-9-17/h1-14H,15-16H2,(H,28,32)/t25-/m0/s1. The number of hydrogen-bond acceptors (Lipinski definition) is 5. The van der Waals surface area contributed by atoms with Crippen molar-refractivity contribution < 1.29 is 14.1 Å². The molecule has 0 bridgehead atoms. The van der Waals surface area contributed by atoms with Crippen LogP contribution in [0.2, 0.25) is 5.02 Å². The van der Waals surface area contributed by atoms with Crippen molar-refractivity contribution in [1.82, 2.24) is 20.4 Å². The van der Waals surface area contributed by atoms with E-state index in [9.17, 15) is 9.59 Å². The highest BCUT2D eigenvalue weighted by molar-refractivity contribution is 6.30. The smallest absolute Gasteiger partial charge is 0.325 e. The average Bonchev–Trinajstić information content (AvgIpc) is 3.40. The molecule has 0 unspecified atom stereocenters. The van der Waals surface area contributed by atoms with Crippen LogP contribution in [0.3, 0.4) is 0 Å². The van der Waals surface area contributed by atoms with Crippen molar-refractivity contribution in [3.05, 3.63) is 107 Å². The third-order valence-electron chi connectivity index (χ3n) is 5.60. The van der Waals surface area contributed by atoms with E-state index in [1.54, 1.807) is 24.3 Å². The maximum absolute atomic E-state index is 13.7. The fourth-order valence-electron chi connectivity index (χ4n) is 4.01. The minimum Gasteiger partial charge on any atom is -0.337 e. The molecule has 0 aliphatic carbocycles. The van der Waals surface area contributed by atoms with Gasteiger partial charge in [-0.1, -0.05) is 89.6 Å². The molecule has 7 nitrogen and oxygen atoms in total. The highest BCUT2D eigenvalue weighted by Gasteiger charge is 2.52. The van der Waals surface area contributed by atoms with Crippen molar-refractivity contribution in [2.45, 2.75) is 18.5 Å². The Morgan fingerprint density at radius 3 is 2.39 bits per heavy atom. The lowest BCUT2D eigenvalue weighted by Gasteiger charge is -2.27. The van der Waals surface area contributed by atoms with Crippen molar-refractivity contribution in [3.63, 3.8) is 0 Å². The summed E-state index contributed by atoms with van der Waals surface area (Å²) in [6.45, 7) is -0.137. The van der Waals surface area contributed by atoms with Crippen LogP contribution in [0.1, 0.15) is 17.0 Å². The van der Waals surface area contributed by atoms with Gasteiger partial charge in [0.05, 0.1) is 0 Å². The van der Waals surface area contributed by atoms with Crippen LogP contribution in [0.5, 0.6) is 0 Å². The number of benzene rings is 3. The summed E-state index contributed by atoms with van der Waals surface area (Å²) < 4.78 is 5.33. The van der Waals surface area contributed by atoms with Crippen molar-refractivity contribution in [2.24, 2.45) is 0 Å². The molecule has 1 atom stereocenters. The molecule has 3 amide bonds. The van der Waals surface area contributed by atoms with Gasteiger partial charge in [0.15, 0.2) is 5.54 Å². The van der Waals surface area contributed by atoms with E-state index >= 15 is 0 Å². The molecule has 1 fully saturated rings. The van der Waals surface area contributed by atoms with E-state index in [0.29, 0.717) is 28.4 Å². The minimum atomic E-state index is -1.23. The van der Waals surface area contributed by atoms with Crippen LogP contribution in [0, 0.1) is 0 Å². The zero-order chi connectivity index (χ0) is 22.8. The lowest BCUT2D eigenvalue weighted by molar-refractivity contribution is -0.132. The first-order valence-electron chi connectivity index (χ1n) is 10.4. The van der Waals surface area contributed by atoms with E-state index in [4.69, 9.17) is 16.1 Å². The number of carbonyl (C=O) groups excluding carboxylic acids is 2. The molecule has 0 saturated carbocycles. The van der Waals surface area contributed by atoms with Gasteiger partial charge in [0.2, 0.25) is 11.7 Å². The molecule has 33 heavy (non-hydrogen) atoms. The Balaban J connectivity index is 1.45. The van der Waals surface area contributed by atoms with E-state index in [1.807, 2.05) is 60.7 Å². The number of rotatable bonds is 6. The molecule has 4 aromatic rings. The Morgan fingerprint density at radius 2 is 1.67 bits per heavy atom. The first kappa shape index (κ1) is 20.9. The zero-order valence-corrected chi connectivity index (χ0v) is 18.2. The minimum absolute atomic E-state index is 0.137. The van der Waals surface area contributed by atoms with Gasteiger partial charge in [-0.15, -0.1) is 0 Å². The first-order valence-corrected chi connectivity index (χ1v) is 10.7. The van der Waals surface area contributed by atoms with Gasteiger partial charge in [-0.2, -0.15) is 4.98 Å². The summed E-state index contributed by atoms with van der Waals surface area (Å²) in [5.41, 5.74) is 1.09. The number of urea groups is 1. The summed E-state index contributed by atoms with van der Waals surface area (Å²) in [4.78, 5) is 32.1. The molecule has 1 aliphatic heterocycles. The van der Waals surface area contributed by atoms with Gasteiger partial charge in [-0.25, -0.2) is 4.79 Å². The molecule has 0 spiro atoms. The molecule has 1 saturated heterocycles. The number of nitrogens with zero attached hydrogens (tertiary/aromatic N) is 3. The monoisotopic (exact) mass is 458 g/mol. The molecule has 5 rings (SSSR count). The fourth-order valence-corrected chi connectivity index (χ4v) is 4.20. The summed E-state index contributed by atoms with van der Waals surface area (Å²) in [7, 11) is 0. The van der Waals surface area contributed by atoms with E-state index in [1.165, 1.54) is 0 Å². The van der Waals surface area contributed by atoms with Gasteiger partial charge in [-0.05, 0) is 23.3 Å².